The van der Waals surface area contributed by atoms with Crippen molar-refractivity contribution in [1.82, 2.24) is 52.2 Å². The first-order valence-corrected chi connectivity index (χ1v) is 32.4. The number of alkyl halides is 1. The summed E-state index contributed by atoms with van der Waals surface area (Å²) in [4.78, 5) is 199. The van der Waals surface area contributed by atoms with Crippen molar-refractivity contribution < 1.29 is 127 Å². The van der Waals surface area contributed by atoms with E-state index in [0.717, 1.165) is 0 Å². The fourth-order valence-electron chi connectivity index (χ4n) is 10.1. The number of amides is 10. The highest BCUT2D eigenvalue weighted by molar-refractivity contribution is 5.94. The molecule has 0 spiro atoms. The highest BCUT2D eigenvalue weighted by Gasteiger charge is 2.35. The van der Waals surface area contributed by atoms with Crippen molar-refractivity contribution in [3.05, 3.63) is 101 Å². The van der Waals surface area contributed by atoms with Gasteiger partial charge in [-0.25, -0.2) is 43.2 Å². The first-order chi connectivity index (χ1) is 49.2. The molecule has 1 heterocycles. The summed E-state index contributed by atoms with van der Waals surface area (Å²) in [5.74, 6) is -15.8. The minimum atomic E-state index is -1.66. The Bertz CT molecular complexity index is 3370. The van der Waals surface area contributed by atoms with Crippen molar-refractivity contribution in [3.8, 4) is 0 Å². The van der Waals surface area contributed by atoms with Gasteiger partial charge in [0.1, 0.15) is 36.3 Å². The topological polar surface area (TPSA) is 606 Å². The molecule has 10 amide bonds. The minimum absolute atomic E-state index is 0.128. The second-order valence-electron chi connectivity index (χ2n) is 23.9. The molecule has 19 N–H and O–H groups in total. The van der Waals surface area contributed by atoms with E-state index < -0.39 is 202 Å². The Labute approximate surface area is 590 Å². The van der Waals surface area contributed by atoms with Crippen molar-refractivity contribution in [1.29, 1.82) is 0 Å². The average Bonchev–Trinajstić information content (AvgIpc) is 1.77. The van der Waals surface area contributed by atoms with Gasteiger partial charge in [-0.2, -0.15) is 0 Å². The van der Waals surface area contributed by atoms with Crippen LogP contribution in [0.1, 0.15) is 125 Å². The molecule has 3 aromatic carbocycles. The Morgan fingerprint density at radius 3 is 0.981 bits per heavy atom. The van der Waals surface area contributed by atoms with Crippen LogP contribution in [0.15, 0.2) is 79.0 Å². The first kappa shape index (κ1) is 84.1. The van der Waals surface area contributed by atoms with E-state index in [9.17, 15) is 112 Å². The molecule has 0 bridgehead atoms. The summed E-state index contributed by atoms with van der Waals surface area (Å²) in [6.07, 6.45) is -3.58. The fraction of sp³-hybridized carbons (Fsp3) is 0.446. The summed E-state index contributed by atoms with van der Waals surface area (Å²) in [6.45, 7) is -0.242. The lowest BCUT2D eigenvalue weighted by atomic mass is 9.82. The maximum Gasteiger partial charge on any atom is 0.326 e. The number of carboxylic acids is 9. The highest BCUT2D eigenvalue weighted by Crippen LogP contribution is 2.29. The van der Waals surface area contributed by atoms with E-state index in [0.29, 0.717) is 41.8 Å². The Hall–Kier alpha value is -12.3. The number of hydrogen-bond donors (Lipinski definition) is 19. The van der Waals surface area contributed by atoms with Gasteiger partial charge in [0.25, 0.3) is 0 Å². The number of carboxylic acid groups (broad SMARTS) is 9. The molecule has 0 radical (unpaired) electrons. The lowest BCUT2D eigenvalue weighted by molar-refractivity contribution is -0.142. The lowest BCUT2D eigenvalue weighted by Gasteiger charge is -2.35. The van der Waals surface area contributed by atoms with E-state index in [4.69, 9.17) is 15.3 Å². The Balaban J connectivity index is 1.61. The number of hydrogen-bond acceptors (Lipinski definition) is 18. The number of nitrogens with zero attached hydrogens (tertiary/aromatic N) is 3. The summed E-state index contributed by atoms with van der Waals surface area (Å²) in [5.41, 5.74) is 0.427. The third-order valence-electron chi connectivity index (χ3n) is 15.7. The number of anilines is 3. The van der Waals surface area contributed by atoms with Crippen LogP contribution in [-0.2, 0) is 94.6 Å². The molecular weight excluding hydrogens is 1380 g/mol. The zero-order valence-electron chi connectivity index (χ0n) is 55.8. The number of nitrogens with one attached hydrogen (secondary N) is 10. The Morgan fingerprint density at radius 2 is 0.692 bits per heavy atom. The lowest BCUT2D eigenvalue weighted by Crippen LogP contribution is -2.51. The molecule has 4 aromatic rings. The number of aliphatic carboxylic acids is 9. The normalized spacial score (nSPS) is 13.2. The third-order valence-corrected chi connectivity index (χ3v) is 15.7. The monoisotopic (exact) mass is 1460 g/mol. The van der Waals surface area contributed by atoms with Crippen LogP contribution in [0.25, 0.3) is 0 Å². The molecule has 0 aliphatic heterocycles. The SMILES string of the molecule is O=C(O)CCC(NC(=O)NC(Cc1ccc(NC(=O)CCC(CCC(=O)Nc2ccc(CC(NC(=O)N[C@@H](CCC(=O)O)C(=O)O)C(=O)O)cc2)(CCC(=O)Nc2ccc(C[C@H](NC(=O)N[C@@H](CCC(=O)O)C(=O)O)C(=O)O)cc2)NC(=O)CCCCn2cc(CCCF)nn2)cc1)C(=O)O)C(=O)O. The zero-order chi connectivity index (χ0) is 77.1. The predicted molar refractivity (Wildman–Crippen MR) is 357 cm³/mol. The minimum Gasteiger partial charge on any atom is -0.481 e. The van der Waals surface area contributed by atoms with E-state index >= 15 is 0 Å². The molecule has 0 saturated carbocycles. The Kier molecular flexibility index (Phi) is 34.5. The number of halogens is 1. The molecule has 4 unspecified atom stereocenters. The molecule has 0 aliphatic rings. The molecule has 4 rings (SSSR count). The summed E-state index contributed by atoms with van der Waals surface area (Å²) in [6, 6.07) is 3.35. The van der Waals surface area contributed by atoms with Gasteiger partial charge in [0.15, 0.2) is 0 Å². The summed E-state index contributed by atoms with van der Waals surface area (Å²) in [5, 5.41) is 117. The zero-order valence-corrected chi connectivity index (χ0v) is 55.8. The summed E-state index contributed by atoms with van der Waals surface area (Å²) < 4.78 is 14.4. The van der Waals surface area contributed by atoms with E-state index in [2.05, 4.69) is 47.5 Å². The Morgan fingerprint density at radius 1 is 0.385 bits per heavy atom. The van der Waals surface area contributed by atoms with Gasteiger partial charge >= 0.3 is 71.8 Å². The van der Waals surface area contributed by atoms with Crippen molar-refractivity contribution in [2.45, 2.75) is 177 Å². The highest BCUT2D eigenvalue weighted by atomic mass is 19.1. The van der Waals surface area contributed by atoms with Crippen molar-refractivity contribution in [2.75, 3.05) is 22.6 Å². The van der Waals surface area contributed by atoms with Gasteiger partial charge in [-0.15, -0.1) is 5.10 Å². The van der Waals surface area contributed by atoms with Crippen molar-refractivity contribution in [2.24, 2.45) is 0 Å². The predicted octanol–water partition coefficient (Wildman–Crippen LogP) is 2.30. The number of carbonyl (C=O) groups excluding carboxylic acids is 7. The number of rotatable bonds is 48. The van der Waals surface area contributed by atoms with E-state index in [-0.39, 0.29) is 74.8 Å². The molecule has 7 atom stereocenters. The quantitative estimate of drug-likeness (QED) is 0.0282. The summed E-state index contributed by atoms with van der Waals surface area (Å²) in [7, 11) is 0. The second-order valence-corrected chi connectivity index (χ2v) is 23.9. The van der Waals surface area contributed by atoms with Crippen LogP contribution < -0.4 is 53.2 Å². The van der Waals surface area contributed by atoms with Crippen LogP contribution in [0, 0.1) is 0 Å². The number of aryl methyl sites for hydroxylation is 2. The van der Waals surface area contributed by atoms with E-state index in [1.54, 1.807) is 6.20 Å². The van der Waals surface area contributed by atoms with Gasteiger partial charge in [-0.05, 0) is 117 Å². The molecule has 0 saturated heterocycles. The van der Waals surface area contributed by atoms with Gasteiger partial charge in [-0.1, -0.05) is 41.6 Å². The van der Waals surface area contributed by atoms with Crippen LogP contribution in [-0.4, -0.2) is 205 Å². The number of aromatic nitrogens is 3. The molecule has 1 aromatic heterocycles. The molecule has 38 nitrogen and oxygen atoms in total. The van der Waals surface area contributed by atoms with Gasteiger partial charge in [-0.3, -0.25) is 42.6 Å². The van der Waals surface area contributed by atoms with Crippen LogP contribution in [0.2, 0.25) is 0 Å². The molecule has 0 fully saturated rings. The number of carbonyl (C=O) groups is 16. The van der Waals surface area contributed by atoms with Gasteiger partial charge < -0.3 is 99.1 Å². The molecule has 39 heteroatoms. The smallest absolute Gasteiger partial charge is 0.326 e. The maximum atomic E-state index is 14.2. The van der Waals surface area contributed by atoms with Crippen LogP contribution in [0.3, 0.4) is 0 Å². The van der Waals surface area contributed by atoms with Crippen molar-refractivity contribution >= 4 is 113 Å². The van der Waals surface area contributed by atoms with Gasteiger partial charge in [0, 0.05) is 99.6 Å². The largest absolute Gasteiger partial charge is 0.481 e. The first-order valence-electron chi connectivity index (χ1n) is 32.4. The van der Waals surface area contributed by atoms with E-state index in [1.165, 1.54) is 77.5 Å². The summed E-state index contributed by atoms with van der Waals surface area (Å²) >= 11 is 0. The average molecular weight is 1460 g/mol. The van der Waals surface area contributed by atoms with E-state index in [1.807, 2.05) is 16.0 Å². The number of benzene rings is 3. The van der Waals surface area contributed by atoms with Gasteiger partial charge in [0.2, 0.25) is 23.6 Å². The molecular formula is C65H82FN13O25. The fourth-order valence-corrected chi connectivity index (χ4v) is 10.1. The van der Waals surface area contributed by atoms with Gasteiger partial charge in [0.05, 0.1) is 12.4 Å². The molecule has 104 heavy (non-hydrogen) atoms. The van der Waals surface area contributed by atoms with Crippen LogP contribution in [0.4, 0.5) is 35.8 Å². The van der Waals surface area contributed by atoms with Crippen LogP contribution >= 0.6 is 0 Å². The third kappa shape index (κ3) is 32.3. The van der Waals surface area contributed by atoms with Crippen molar-refractivity contribution in [3.63, 3.8) is 0 Å². The molecule has 0 aliphatic carbocycles. The number of unbranched alkanes of at least 4 members (excludes halogenated alkanes) is 1. The van der Waals surface area contributed by atoms with Crippen LogP contribution in [0.5, 0.6) is 0 Å². The molecule has 564 valence electrons. The number of urea groups is 3. The standard InChI is InChI=1S/C65H82FN13O25/c66-30-3-4-42-35-79(78-77-42)31-2-1-5-52(83)76-65(27-24-49(80)67-39-12-6-36(7-13-39)32-46(59(96)97)73-62(102)70-43(56(90)91)18-21-53(84)85,28-25-50(81)68-40-14-8-37(9-15-40)33-47(60(98)99)74-63(103)71-44(57(92)93)19-22-54(86)87)29-26-51(82)69-41-16-10-38(11-17-41)34-48(61(100)101)75-64(104)72-45(58(94)95)20-23-55(88)89/h6-17,35,43-48H,1-5,18-34H2,(H,67,80)(H,68,81)(H,69,82)(H,76,83)(H,84,85)(H,86,87)(H,88,89)(H,90,91)(H,92,93)(H,94,95)(H,96,97)(H,98,99)(H,100,101)(H2,70,73,102)(H2,71,74,103)(H2,72,75,104)/t43-,44-,45?,46-,47?,48?,65?/m0/s1. The maximum absolute atomic E-state index is 14.2. The second kappa shape index (κ2) is 42.7.